The van der Waals surface area contributed by atoms with Crippen molar-refractivity contribution in [3.8, 4) is 23.3 Å². The lowest BCUT2D eigenvalue weighted by molar-refractivity contribution is -0.128. The van der Waals surface area contributed by atoms with Gasteiger partial charge in [0.1, 0.15) is 34.5 Å². The lowest BCUT2D eigenvalue weighted by Crippen LogP contribution is -2.43. The average molecular weight is 535 g/mol. The quantitative estimate of drug-likeness (QED) is 0.275. The van der Waals surface area contributed by atoms with Crippen molar-refractivity contribution in [2.75, 3.05) is 18.8 Å². The number of anilines is 1. The van der Waals surface area contributed by atoms with Crippen molar-refractivity contribution in [2.24, 2.45) is 5.41 Å². The van der Waals surface area contributed by atoms with Crippen LogP contribution in [0.4, 0.5) is 5.82 Å². The molecule has 2 fully saturated rings. The molecule has 2 aromatic heterocycles. The first-order chi connectivity index (χ1) is 19.4. The van der Waals surface area contributed by atoms with Crippen LogP contribution >= 0.6 is 0 Å². The van der Waals surface area contributed by atoms with Gasteiger partial charge in [0.2, 0.25) is 0 Å². The van der Waals surface area contributed by atoms with Gasteiger partial charge in [-0.15, -0.1) is 0 Å². The number of allylic oxidation sites excluding steroid dienone is 1. The number of aromatic nitrogens is 3. The maximum Gasteiger partial charge on any atom is 0.334 e. The van der Waals surface area contributed by atoms with Gasteiger partial charge in [-0.1, -0.05) is 31.2 Å². The Hall–Kier alpha value is -4.84. The standard InChI is InChI=1S/C31H30N6O3/c1-31(14-15-31)18-21(19-32)29(38)35-17-5-6-23(20-35)36-26-13-16-34-28(33)27(26)37(30(36)39)22-9-11-25(12-10-22)40-24-7-3-2-4-8-24/h2-4,7-13,16,18,23H,5-6,14-15,17,20H2,1H3,(H2,33,34). The number of carbonyl (C=O) groups is 1. The first kappa shape index (κ1) is 25.4. The summed E-state index contributed by atoms with van der Waals surface area (Å²) in [6, 6.07) is 20.3. The number of nitriles is 1. The molecule has 4 aromatic rings. The molecule has 0 radical (unpaired) electrons. The van der Waals surface area contributed by atoms with E-state index in [1.54, 1.807) is 26.3 Å². The van der Waals surface area contributed by atoms with Gasteiger partial charge in [-0.05, 0) is 73.6 Å². The van der Waals surface area contributed by atoms with Crippen molar-refractivity contribution >= 4 is 22.8 Å². The number of hydrogen-bond donors (Lipinski definition) is 1. The van der Waals surface area contributed by atoms with Gasteiger partial charge in [-0.3, -0.25) is 13.9 Å². The number of para-hydroxylation sites is 1. The summed E-state index contributed by atoms with van der Waals surface area (Å²) in [5.41, 5.74) is 7.99. The number of piperidine rings is 1. The molecule has 2 aliphatic rings. The number of benzene rings is 2. The number of nitrogens with zero attached hydrogens (tertiary/aromatic N) is 5. The first-order valence-corrected chi connectivity index (χ1v) is 13.5. The molecule has 1 unspecified atom stereocenters. The minimum Gasteiger partial charge on any atom is -0.457 e. The molecule has 1 amide bonds. The zero-order chi connectivity index (χ0) is 27.9. The zero-order valence-electron chi connectivity index (χ0n) is 22.3. The molecule has 202 valence electrons. The summed E-state index contributed by atoms with van der Waals surface area (Å²) in [5.74, 6) is 1.33. The molecule has 1 aliphatic heterocycles. The van der Waals surface area contributed by atoms with E-state index in [4.69, 9.17) is 10.5 Å². The van der Waals surface area contributed by atoms with E-state index < -0.39 is 0 Å². The normalized spacial score (nSPS) is 18.4. The molecule has 1 saturated heterocycles. The topological polar surface area (TPSA) is 119 Å². The van der Waals surface area contributed by atoms with Gasteiger partial charge < -0.3 is 15.4 Å². The Morgan fingerprint density at radius 3 is 2.55 bits per heavy atom. The molecule has 40 heavy (non-hydrogen) atoms. The number of likely N-dealkylation sites (tertiary alicyclic amines) is 1. The highest BCUT2D eigenvalue weighted by molar-refractivity contribution is 5.97. The van der Waals surface area contributed by atoms with Crippen LogP contribution in [0.25, 0.3) is 16.7 Å². The molecule has 3 heterocycles. The van der Waals surface area contributed by atoms with Crippen molar-refractivity contribution in [1.82, 2.24) is 19.0 Å². The van der Waals surface area contributed by atoms with Gasteiger partial charge in [0.15, 0.2) is 0 Å². The number of amides is 1. The van der Waals surface area contributed by atoms with E-state index in [1.807, 2.05) is 60.7 Å². The fraction of sp³-hybridized carbons (Fsp3) is 0.290. The minimum atomic E-state index is -0.271. The number of nitrogen functional groups attached to an aromatic ring is 1. The largest absolute Gasteiger partial charge is 0.457 e. The van der Waals surface area contributed by atoms with Crippen LogP contribution in [0.2, 0.25) is 0 Å². The van der Waals surface area contributed by atoms with Crippen LogP contribution in [0.15, 0.2) is 83.3 Å². The van der Waals surface area contributed by atoms with E-state index in [1.165, 1.54) is 0 Å². The Morgan fingerprint density at radius 2 is 1.85 bits per heavy atom. The molecule has 1 aliphatic carbocycles. The summed E-state index contributed by atoms with van der Waals surface area (Å²) in [6.07, 6.45) is 6.81. The maximum absolute atomic E-state index is 14.0. The van der Waals surface area contributed by atoms with Gasteiger partial charge in [-0.2, -0.15) is 5.26 Å². The third kappa shape index (κ3) is 4.73. The monoisotopic (exact) mass is 534 g/mol. The fourth-order valence-electron chi connectivity index (χ4n) is 5.42. The second-order valence-electron chi connectivity index (χ2n) is 10.8. The van der Waals surface area contributed by atoms with Crippen LogP contribution in [0.5, 0.6) is 11.5 Å². The second-order valence-corrected chi connectivity index (χ2v) is 10.8. The van der Waals surface area contributed by atoms with E-state index in [0.717, 1.165) is 31.4 Å². The SMILES string of the molecule is CC1(C=C(C#N)C(=O)N2CCCC(n3c(=O)n(-c4ccc(Oc5ccccc5)cc4)c4c(N)nccc43)C2)CC1. The minimum absolute atomic E-state index is 0.0630. The highest BCUT2D eigenvalue weighted by atomic mass is 16.5. The molecule has 2 aromatic carbocycles. The lowest BCUT2D eigenvalue weighted by Gasteiger charge is -2.33. The smallest absolute Gasteiger partial charge is 0.334 e. The van der Waals surface area contributed by atoms with Crippen molar-refractivity contribution in [3.63, 3.8) is 0 Å². The number of nitrogens with two attached hydrogens (primary N) is 1. The molecule has 1 atom stereocenters. The summed E-state index contributed by atoms with van der Waals surface area (Å²) < 4.78 is 9.20. The molecule has 6 rings (SSSR count). The third-order valence-electron chi connectivity index (χ3n) is 7.82. The molecule has 0 bridgehead atoms. The number of carbonyl (C=O) groups excluding carboxylic acids is 1. The summed E-state index contributed by atoms with van der Waals surface area (Å²) in [5, 5.41) is 9.69. The van der Waals surface area contributed by atoms with Crippen molar-refractivity contribution < 1.29 is 9.53 Å². The van der Waals surface area contributed by atoms with E-state index in [2.05, 4.69) is 18.0 Å². The van der Waals surface area contributed by atoms with Crippen LogP contribution in [0.1, 0.15) is 38.6 Å². The number of pyridine rings is 1. The number of hydrogen-bond acceptors (Lipinski definition) is 6. The van der Waals surface area contributed by atoms with E-state index in [0.29, 0.717) is 35.6 Å². The highest BCUT2D eigenvalue weighted by Gasteiger charge is 2.37. The molecule has 0 spiro atoms. The van der Waals surface area contributed by atoms with Crippen LogP contribution in [0, 0.1) is 16.7 Å². The van der Waals surface area contributed by atoms with Gasteiger partial charge in [0.25, 0.3) is 5.91 Å². The zero-order valence-corrected chi connectivity index (χ0v) is 22.3. The average Bonchev–Trinajstić information content (AvgIpc) is 3.62. The Bertz CT molecular complexity index is 1710. The Morgan fingerprint density at radius 1 is 1.12 bits per heavy atom. The maximum atomic E-state index is 14.0. The lowest BCUT2D eigenvalue weighted by atomic mass is 10.0. The second kappa shape index (κ2) is 10.0. The van der Waals surface area contributed by atoms with Crippen LogP contribution in [-0.2, 0) is 4.79 Å². The number of ether oxygens (including phenoxy) is 1. The molecular formula is C31H30N6O3. The van der Waals surface area contributed by atoms with Gasteiger partial charge in [-0.25, -0.2) is 9.78 Å². The summed E-state index contributed by atoms with van der Waals surface area (Å²) >= 11 is 0. The van der Waals surface area contributed by atoms with E-state index in [9.17, 15) is 14.9 Å². The van der Waals surface area contributed by atoms with Gasteiger partial charge in [0, 0.05) is 19.3 Å². The summed E-state index contributed by atoms with van der Waals surface area (Å²) in [7, 11) is 0. The molecule has 9 nitrogen and oxygen atoms in total. The van der Waals surface area contributed by atoms with Crippen LogP contribution < -0.4 is 16.2 Å². The number of fused-ring (bicyclic) bond motifs is 1. The van der Waals surface area contributed by atoms with Crippen LogP contribution in [0.3, 0.4) is 0 Å². The summed E-state index contributed by atoms with van der Waals surface area (Å²) in [4.78, 5) is 33.3. The van der Waals surface area contributed by atoms with Crippen molar-refractivity contribution in [3.05, 3.63) is 89.0 Å². The van der Waals surface area contributed by atoms with Gasteiger partial charge >= 0.3 is 5.69 Å². The molecule has 1 saturated carbocycles. The number of rotatable bonds is 6. The molecular weight excluding hydrogens is 504 g/mol. The highest BCUT2D eigenvalue weighted by Crippen LogP contribution is 2.47. The van der Waals surface area contributed by atoms with E-state index in [-0.39, 0.29) is 34.4 Å². The Balaban J connectivity index is 1.34. The third-order valence-corrected chi connectivity index (χ3v) is 7.82. The molecule has 9 heteroatoms. The molecule has 2 N–H and O–H groups in total. The van der Waals surface area contributed by atoms with Gasteiger partial charge in [0.05, 0.1) is 17.2 Å². The van der Waals surface area contributed by atoms with Crippen molar-refractivity contribution in [1.29, 1.82) is 5.26 Å². The van der Waals surface area contributed by atoms with Crippen LogP contribution in [-0.4, -0.2) is 38.0 Å². The number of imidazole rings is 1. The fourth-order valence-corrected chi connectivity index (χ4v) is 5.42. The summed E-state index contributed by atoms with van der Waals surface area (Å²) in [6.45, 7) is 2.94. The first-order valence-electron chi connectivity index (χ1n) is 13.5. The Labute approximate surface area is 231 Å². The van der Waals surface area contributed by atoms with Crippen molar-refractivity contribution in [2.45, 2.75) is 38.6 Å². The predicted molar refractivity (Wildman–Crippen MR) is 152 cm³/mol. The van der Waals surface area contributed by atoms with E-state index >= 15 is 0 Å². The Kier molecular flexibility index (Phi) is 6.39. The predicted octanol–water partition coefficient (Wildman–Crippen LogP) is 4.98.